The number of aromatic hydroxyl groups is 1. The quantitative estimate of drug-likeness (QED) is 0.669. The Labute approximate surface area is 140 Å². The summed E-state index contributed by atoms with van der Waals surface area (Å²) < 4.78 is 13.0. The molecule has 0 unspecified atom stereocenters. The van der Waals surface area contributed by atoms with Crippen LogP contribution in [-0.4, -0.2) is 38.6 Å². The number of hydrogen-bond acceptors (Lipinski definition) is 5. The third kappa shape index (κ3) is 3.37. The maximum Gasteiger partial charge on any atom is 0.322 e. The average molecular weight is 341 g/mol. The lowest BCUT2D eigenvalue weighted by Crippen LogP contribution is -2.29. The van der Waals surface area contributed by atoms with Crippen molar-refractivity contribution >= 4 is 22.9 Å². The second-order valence-electron chi connectivity index (χ2n) is 5.17. The largest absolute Gasteiger partial charge is 0.507 e. The third-order valence-corrected chi connectivity index (χ3v) is 3.46. The number of benzene rings is 2. The first kappa shape index (κ1) is 16.3. The van der Waals surface area contributed by atoms with Gasteiger partial charge in [-0.15, -0.1) is 0 Å². The molecule has 1 amide bonds. The zero-order valence-corrected chi connectivity index (χ0v) is 12.7. The van der Waals surface area contributed by atoms with Crippen molar-refractivity contribution in [3.8, 4) is 17.0 Å². The van der Waals surface area contributed by atoms with E-state index in [0.29, 0.717) is 16.8 Å². The lowest BCUT2D eigenvalue weighted by molar-refractivity contribution is -0.135. The van der Waals surface area contributed by atoms with Crippen LogP contribution >= 0.6 is 0 Å². The number of phenolic OH excluding ortho intramolecular Hbond substituents is 1. The molecule has 3 rings (SSSR count). The molecule has 0 saturated carbocycles. The van der Waals surface area contributed by atoms with Crippen LogP contribution in [0.15, 0.2) is 42.6 Å². The van der Waals surface area contributed by atoms with Gasteiger partial charge in [0.05, 0.1) is 17.4 Å². The van der Waals surface area contributed by atoms with Gasteiger partial charge in [-0.25, -0.2) is 9.37 Å². The molecule has 0 saturated heterocycles. The van der Waals surface area contributed by atoms with Crippen LogP contribution in [0.5, 0.6) is 5.75 Å². The van der Waals surface area contributed by atoms with Gasteiger partial charge in [-0.1, -0.05) is 0 Å². The summed E-state index contributed by atoms with van der Waals surface area (Å²) in [5.74, 6) is -2.69. The summed E-state index contributed by atoms with van der Waals surface area (Å²) in [5.41, 5.74) is 1.42. The molecule has 1 heterocycles. The van der Waals surface area contributed by atoms with Crippen molar-refractivity contribution in [2.24, 2.45) is 0 Å². The zero-order chi connectivity index (χ0) is 18.0. The number of carboxylic acid groups (broad SMARTS) is 1. The monoisotopic (exact) mass is 341 g/mol. The van der Waals surface area contributed by atoms with Crippen LogP contribution in [0.4, 0.5) is 4.39 Å². The first-order chi connectivity index (χ1) is 12.0. The lowest BCUT2D eigenvalue weighted by Gasteiger charge is -2.09. The number of halogens is 1. The number of nitrogens with zero attached hydrogens (tertiary/aromatic N) is 2. The number of nitrogens with one attached hydrogen (secondary N) is 1. The molecular formula is C17H12FN3O4. The summed E-state index contributed by atoms with van der Waals surface area (Å²) in [5, 5.41) is 20.8. The number of carboxylic acids is 1. The van der Waals surface area contributed by atoms with E-state index in [1.54, 1.807) is 12.1 Å². The maximum atomic E-state index is 13.0. The minimum atomic E-state index is -1.21. The molecule has 7 nitrogen and oxygen atoms in total. The fourth-order valence-corrected chi connectivity index (χ4v) is 2.30. The van der Waals surface area contributed by atoms with Crippen molar-refractivity contribution in [3.63, 3.8) is 0 Å². The normalized spacial score (nSPS) is 10.6. The summed E-state index contributed by atoms with van der Waals surface area (Å²) >= 11 is 0. The number of carbonyl (C=O) groups is 2. The lowest BCUT2D eigenvalue weighted by atomic mass is 10.1. The second kappa shape index (κ2) is 6.52. The van der Waals surface area contributed by atoms with E-state index in [1.165, 1.54) is 30.5 Å². The number of carbonyl (C=O) groups excluding carboxylic acids is 1. The van der Waals surface area contributed by atoms with E-state index in [9.17, 15) is 19.1 Å². The van der Waals surface area contributed by atoms with Gasteiger partial charge in [-0.2, -0.15) is 0 Å². The molecule has 0 bridgehead atoms. The zero-order valence-electron chi connectivity index (χ0n) is 12.7. The number of hydrogen-bond donors (Lipinski definition) is 3. The predicted molar refractivity (Wildman–Crippen MR) is 86.6 cm³/mol. The van der Waals surface area contributed by atoms with Crippen molar-refractivity contribution in [2.45, 2.75) is 0 Å². The highest BCUT2D eigenvalue weighted by atomic mass is 19.1. The van der Waals surface area contributed by atoms with Gasteiger partial charge in [0.2, 0.25) is 0 Å². The standard InChI is InChI=1S/C17H12FN3O4/c18-10-3-1-9(2-4-10)12-7-19-16-11(21-12)5-6-13(22)15(16)17(25)20-8-14(23)24/h1-7,22H,8H2,(H,20,25)(H,23,24). The van der Waals surface area contributed by atoms with Crippen molar-refractivity contribution in [3.05, 3.63) is 54.0 Å². The fourth-order valence-electron chi connectivity index (χ4n) is 2.30. The van der Waals surface area contributed by atoms with Crippen molar-refractivity contribution in [1.29, 1.82) is 0 Å². The minimum absolute atomic E-state index is 0.133. The highest BCUT2D eigenvalue weighted by Gasteiger charge is 2.18. The van der Waals surface area contributed by atoms with Gasteiger partial charge in [0.25, 0.3) is 5.91 Å². The van der Waals surface area contributed by atoms with Crippen LogP contribution in [-0.2, 0) is 4.79 Å². The first-order valence-corrected chi connectivity index (χ1v) is 7.20. The highest BCUT2D eigenvalue weighted by Crippen LogP contribution is 2.26. The molecule has 8 heteroatoms. The van der Waals surface area contributed by atoms with E-state index in [0.717, 1.165) is 0 Å². The van der Waals surface area contributed by atoms with Gasteiger partial charge in [-0.05, 0) is 36.4 Å². The first-order valence-electron chi connectivity index (χ1n) is 7.20. The number of phenols is 1. The Morgan fingerprint density at radius 2 is 1.84 bits per heavy atom. The molecule has 0 spiro atoms. The molecular weight excluding hydrogens is 329 g/mol. The number of rotatable bonds is 4. The van der Waals surface area contributed by atoms with Crippen molar-refractivity contribution < 1.29 is 24.2 Å². The topological polar surface area (TPSA) is 112 Å². The molecule has 0 aliphatic carbocycles. The average Bonchev–Trinajstić information content (AvgIpc) is 2.60. The van der Waals surface area contributed by atoms with Crippen molar-refractivity contribution in [1.82, 2.24) is 15.3 Å². The van der Waals surface area contributed by atoms with E-state index < -0.39 is 18.4 Å². The van der Waals surface area contributed by atoms with E-state index in [4.69, 9.17) is 5.11 Å². The summed E-state index contributed by atoms with van der Waals surface area (Å²) in [6.45, 7) is -0.588. The van der Waals surface area contributed by atoms with Gasteiger partial charge >= 0.3 is 5.97 Å². The molecule has 0 radical (unpaired) electrons. The molecule has 25 heavy (non-hydrogen) atoms. The SMILES string of the molecule is O=C(O)CNC(=O)c1c(O)ccc2nc(-c3ccc(F)cc3)cnc12. The van der Waals surface area contributed by atoms with E-state index >= 15 is 0 Å². The molecule has 0 atom stereocenters. The second-order valence-corrected chi connectivity index (χ2v) is 5.17. The van der Waals surface area contributed by atoms with E-state index in [-0.39, 0.29) is 22.6 Å². The van der Waals surface area contributed by atoms with Crippen LogP contribution in [0.25, 0.3) is 22.3 Å². The minimum Gasteiger partial charge on any atom is -0.507 e. The molecule has 126 valence electrons. The Balaban J connectivity index is 2.04. The summed E-state index contributed by atoms with van der Waals surface area (Å²) in [4.78, 5) is 31.2. The fraction of sp³-hybridized carbons (Fsp3) is 0.0588. The van der Waals surface area contributed by atoms with E-state index in [1.807, 2.05) is 0 Å². The van der Waals surface area contributed by atoms with Gasteiger partial charge in [0.15, 0.2) is 0 Å². The smallest absolute Gasteiger partial charge is 0.322 e. The van der Waals surface area contributed by atoms with Crippen LogP contribution in [0.1, 0.15) is 10.4 Å². The molecule has 3 aromatic rings. The summed E-state index contributed by atoms with van der Waals surface area (Å²) in [6, 6.07) is 8.45. The van der Waals surface area contributed by atoms with Crippen LogP contribution < -0.4 is 5.32 Å². The highest BCUT2D eigenvalue weighted by molar-refractivity contribution is 6.08. The Morgan fingerprint density at radius 1 is 1.12 bits per heavy atom. The Bertz CT molecular complexity index is 974. The summed E-state index contributed by atoms with van der Waals surface area (Å²) in [7, 11) is 0. The molecule has 1 aromatic heterocycles. The molecule has 0 aliphatic rings. The Hall–Kier alpha value is -3.55. The third-order valence-electron chi connectivity index (χ3n) is 3.46. The number of amides is 1. The van der Waals surface area contributed by atoms with Crippen molar-refractivity contribution in [2.75, 3.05) is 6.54 Å². The Kier molecular flexibility index (Phi) is 4.25. The molecule has 0 aliphatic heterocycles. The summed E-state index contributed by atoms with van der Waals surface area (Å²) in [6.07, 6.45) is 1.39. The van der Waals surface area contributed by atoms with Gasteiger partial charge in [0, 0.05) is 5.56 Å². The number of aliphatic carboxylic acids is 1. The van der Waals surface area contributed by atoms with Gasteiger partial charge in [-0.3, -0.25) is 14.6 Å². The number of fused-ring (bicyclic) bond motifs is 1. The maximum absolute atomic E-state index is 13.0. The molecule has 0 fully saturated rings. The van der Waals surface area contributed by atoms with Crippen LogP contribution in [0.2, 0.25) is 0 Å². The molecule has 2 aromatic carbocycles. The Morgan fingerprint density at radius 3 is 2.52 bits per heavy atom. The molecule has 3 N–H and O–H groups in total. The van der Waals surface area contributed by atoms with Crippen LogP contribution in [0, 0.1) is 5.82 Å². The van der Waals surface area contributed by atoms with Gasteiger partial charge in [0.1, 0.15) is 29.2 Å². The predicted octanol–water partition coefficient (Wildman–Crippen LogP) is 1.96. The number of aromatic nitrogens is 2. The van der Waals surface area contributed by atoms with E-state index in [2.05, 4.69) is 15.3 Å². The van der Waals surface area contributed by atoms with Gasteiger partial charge < -0.3 is 15.5 Å². The van der Waals surface area contributed by atoms with Crippen LogP contribution in [0.3, 0.4) is 0 Å².